The zero-order valence-corrected chi connectivity index (χ0v) is 13.3. The lowest BCUT2D eigenvalue weighted by atomic mass is 9.84. The minimum absolute atomic E-state index is 0.277. The summed E-state index contributed by atoms with van der Waals surface area (Å²) < 4.78 is 25.4. The van der Waals surface area contributed by atoms with E-state index in [0.29, 0.717) is 11.3 Å². The number of aromatic nitrogens is 1. The minimum Gasteiger partial charge on any atom is -0.398 e. The van der Waals surface area contributed by atoms with Crippen molar-refractivity contribution in [2.45, 2.75) is 38.9 Å². The third-order valence-corrected chi connectivity index (χ3v) is 4.39. The van der Waals surface area contributed by atoms with Crippen molar-refractivity contribution in [1.82, 2.24) is 4.98 Å². The summed E-state index contributed by atoms with van der Waals surface area (Å²) in [6.45, 7) is 8.01. The van der Waals surface area contributed by atoms with Gasteiger partial charge in [0.15, 0.2) is 0 Å². The number of nitrogens with zero attached hydrogens (tertiary/aromatic N) is 1. The molecule has 0 spiro atoms. The fourth-order valence-electron chi connectivity index (χ4n) is 2.36. The van der Waals surface area contributed by atoms with Crippen LogP contribution in [0.5, 0.6) is 0 Å². The summed E-state index contributed by atoms with van der Waals surface area (Å²) >= 11 is 0. The molecule has 2 heterocycles. The zero-order valence-electron chi connectivity index (χ0n) is 13.3. The van der Waals surface area contributed by atoms with Gasteiger partial charge < -0.3 is 9.31 Å². The van der Waals surface area contributed by atoms with Crippen LogP contribution in [0, 0.1) is 5.82 Å². The molecule has 0 radical (unpaired) electrons. The first kappa shape index (κ1) is 15.2. The van der Waals surface area contributed by atoms with E-state index in [0.717, 1.165) is 5.56 Å². The normalized spacial score (nSPS) is 19.4. The summed E-state index contributed by atoms with van der Waals surface area (Å²) in [6.07, 6.45) is 0. The van der Waals surface area contributed by atoms with Crippen molar-refractivity contribution in [2.75, 3.05) is 0 Å². The molecule has 5 heteroatoms. The van der Waals surface area contributed by atoms with Gasteiger partial charge in [-0.05, 0) is 52.0 Å². The van der Waals surface area contributed by atoms with E-state index in [-0.39, 0.29) is 5.82 Å². The van der Waals surface area contributed by atoms with Crippen molar-refractivity contribution in [3.63, 3.8) is 0 Å². The van der Waals surface area contributed by atoms with Crippen LogP contribution < -0.4 is 5.59 Å². The van der Waals surface area contributed by atoms with E-state index in [1.165, 1.54) is 12.1 Å². The van der Waals surface area contributed by atoms with Crippen LogP contribution >= 0.6 is 0 Å². The van der Waals surface area contributed by atoms with E-state index in [2.05, 4.69) is 4.98 Å². The summed E-state index contributed by atoms with van der Waals surface area (Å²) in [4.78, 5) is 4.58. The predicted octanol–water partition coefficient (Wildman–Crippen LogP) is 3.19. The Labute approximate surface area is 130 Å². The molecule has 1 aromatic heterocycles. The van der Waals surface area contributed by atoms with Gasteiger partial charge in [-0.2, -0.15) is 0 Å². The number of pyridine rings is 1. The zero-order chi connectivity index (χ0) is 16.0. The van der Waals surface area contributed by atoms with Gasteiger partial charge in [-0.1, -0.05) is 18.2 Å². The van der Waals surface area contributed by atoms with Gasteiger partial charge in [0.1, 0.15) is 5.82 Å². The fourth-order valence-corrected chi connectivity index (χ4v) is 2.36. The Hall–Kier alpha value is -1.72. The smallest absolute Gasteiger partial charge is 0.398 e. The molecule has 0 bridgehead atoms. The molecule has 0 atom stereocenters. The molecule has 2 aromatic rings. The van der Waals surface area contributed by atoms with Gasteiger partial charge in [0.25, 0.3) is 0 Å². The van der Waals surface area contributed by atoms with Gasteiger partial charge in [0, 0.05) is 5.56 Å². The van der Waals surface area contributed by atoms with Gasteiger partial charge in [-0.3, -0.25) is 4.98 Å². The number of hydrogen-bond donors (Lipinski definition) is 0. The summed E-state index contributed by atoms with van der Waals surface area (Å²) in [5, 5.41) is 0. The second-order valence-corrected chi connectivity index (χ2v) is 6.55. The van der Waals surface area contributed by atoms with Crippen LogP contribution in [0.1, 0.15) is 27.7 Å². The Morgan fingerprint density at radius 1 is 0.955 bits per heavy atom. The molecule has 1 aliphatic heterocycles. The molecule has 114 valence electrons. The average Bonchev–Trinajstić information content (AvgIpc) is 2.68. The van der Waals surface area contributed by atoms with Crippen LogP contribution in [0.3, 0.4) is 0 Å². The summed E-state index contributed by atoms with van der Waals surface area (Å²) in [5.41, 5.74) is 1.31. The standard InChI is InChI=1S/C17H19BFNO2/c1-16(2)17(3,4)22-18(21-16)15-10-6-9-14(20-15)12-7-5-8-13(19)11-12/h5-11H,1-4H3. The summed E-state index contributed by atoms with van der Waals surface area (Å²) in [6, 6.07) is 12.0. The van der Waals surface area contributed by atoms with Crippen molar-refractivity contribution in [3.05, 3.63) is 48.3 Å². The lowest BCUT2D eigenvalue weighted by molar-refractivity contribution is 0.00578. The Kier molecular flexibility index (Phi) is 3.58. The predicted molar refractivity (Wildman–Crippen MR) is 85.3 cm³/mol. The Morgan fingerprint density at radius 3 is 2.23 bits per heavy atom. The molecule has 1 fully saturated rings. The van der Waals surface area contributed by atoms with Crippen LogP contribution in [0.25, 0.3) is 11.3 Å². The number of rotatable bonds is 2. The number of halogens is 1. The van der Waals surface area contributed by atoms with E-state index in [4.69, 9.17) is 9.31 Å². The van der Waals surface area contributed by atoms with Crippen LogP contribution in [0.2, 0.25) is 0 Å². The Bertz CT molecular complexity index is 687. The highest BCUT2D eigenvalue weighted by Gasteiger charge is 2.52. The first-order valence-corrected chi connectivity index (χ1v) is 7.37. The molecule has 1 saturated heterocycles. The van der Waals surface area contributed by atoms with Crippen LogP contribution in [-0.4, -0.2) is 23.3 Å². The number of benzene rings is 1. The van der Waals surface area contributed by atoms with Crippen LogP contribution in [-0.2, 0) is 9.31 Å². The lowest BCUT2D eigenvalue weighted by Crippen LogP contribution is -2.41. The molecule has 3 nitrogen and oxygen atoms in total. The largest absolute Gasteiger partial charge is 0.514 e. The first-order chi connectivity index (χ1) is 10.3. The molecular weight excluding hydrogens is 280 g/mol. The second kappa shape index (κ2) is 5.18. The molecule has 0 N–H and O–H groups in total. The van der Waals surface area contributed by atoms with E-state index in [1.807, 2.05) is 52.0 Å². The van der Waals surface area contributed by atoms with Crippen LogP contribution in [0.15, 0.2) is 42.5 Å². The maximum absolute atomic E-state index is 13.4. The van der Waals surface area contributed by atoms with Crippen molar-refractivity contribution >= 4 is 12.7 Å². The van der Waals surface area contributed by atoms with Crippen LogP contribution in [0.4, 0.5) is 4.39 Å². The van der Waals surface area contributed by atoms with E-state index >= 15 is 0 Å². The van der Waals surface area contributed by atoms with Gasteiger partial charge in [-0.15, -0.1) is 0 Å². The first-order valence-electron chi connectivity index (χ1n) is 7.37. The van der Waals surface area contributed by atoms with E-state index < -0.39 is 18.3 Å². The third-order valence-electron chi connectivity index (χ3n) is 4.39. The molecule has 0 unspecified atom stereocenters. The molecule has 0 amide bonds. The van der Waals surface area contributed by atoms with Gasteiger partial charge in [0.05, 0.1) is 22.5 Å². The molecular formula is C17H19BFNO2. The van der Waals surface area contributed by atoms with Gasteiger partial charge in [-0.25, -0.2) is 4.39 Å². The molecule has 0 aliphatic carbocycles. The highest BCUT2D eigenvalue weighted by atomic mass is 19.1. The van der Waals surface area contributed by atoms with Gasteiger partial charge >= 0.3 is 7.12 Å². The van der Waals surface area contributed by atoms with Gasteiger partial charge in [0.2, 0.25) is 0 Å². The van der Waals surface area contributed by atoms with Crippen molar-refractivity contribution < 1.29 is 13.7 Å². The monoisotopic (exact) mass is 299 g/mol. The molecule has 3 rings (SSSR count). The molecule has 0 saturated carbocycles. The van der Waals surface area contributed by atoms with Crippen molar-refractivity contribution in [1.29, 1.82) is 0 Å². The SMILES string of the molecule is CC1(C)OB(c2cccc(-c3cccc(F)c3)n2)OC1(C)C. The lowest BCUT2D eigenvalue weighted by Gasteiger charge is -2.32. The maximum atomic E-state index is 13.4. The van der Waals surface area contributed by atoms with Crippen molar-refractivity contribution in [2.24, 2.45) is 0 Å². The number of hydrogen-bond acceptors (Lipinski definition) is 3. The fraction of sp³-hybridized carbons (Fsp3) is 0.353. The minimum atomic E-state index is -0.515. The summed E-state index contributed by atoms with van der Waals surface area (Å²) in [7, 11) is -0.515. The summed E-state index contributed by atoms with van der Waals surface area (Å²) in [5.74, 6) is -0.277. The molecule has 1 aromatic carbocycles. The maximum Gasteiger partial charge on any atom is 0.514 e. The topological polar surface area (TPSA) is 31.4 Å². The quantitative estimate of drug-likeness (QED) is 0.798. The highest BCUT2D eigenvalue weighted by molar-refractivity contribution is 6.61. The van der Waals surface area contributed by atoms with Crippen molar-refractivity contribution in [3.8, 4) is 11.3 Å². The highest BCUT2D eigenvalue weighted by Crippen LogP contribution is 2.36. The Morgan fingerprint density at radius 2 is 1.59 bits per heavy atom. The molecule has 1 aliphatic rings. The average molecular weight is 299 g/mol. The molecule has 22 heavy (non-hydrogen) atoms. The third kappa shape index (κ3) is 2.66. The van der Waals surface area contributed by atoms with E-state index in [9.17, 15) is 4.39 Å². The van der Waals surface area contributed by atoms with E-state index in [1.54, 1.807) is 6.07 Å². The second-order valence-electron chi connectivity index (χ2n) is 6.55. The Balaban J connectivity index is 1.93.